The van der Waals surface area contributed by atoms with Gasteiger partial charge in [-0.05, 0) is 39.5 Å². The molecule has 3 nitrogen and oxygen atoms in total. The molecule has 0 saturated heterocycles. The lowest BCUT2D eigenvalue weighted by Gasteiger charge is -2.28. The number of nitrogens with one attached hydrogen (secondary N) is 1. The molecular weight excluding hydrogens is 234 g/mol. The summed E-state index contributed by atoms with van der Waals surface area (Å²) in [6, 6.07) is 0.221. The zero-order chi connectivity index (χ0) is 13.1. The Morgan fingerprint density at radius 3 is 2.65 bits per heavy atom. The number of aliphatic carboxylic acids is 1. The molecule has 1 fully saturated rings. The van der Waals surface area contributed by atoms with Gasteiger partial charge in [0.2, 0.25) is 0 Å². The predicted molar refractivity (Wildman–Crippen MR) is 73.6 cm³/mol. The standard InChI is InChI=1S/C13H25NO2S/c1-5-10(4)17-11-6-7-13(8-11,12(15)16)14-9(2)3/h9-11,14H,5-8H2,1-4H3,(H,15,16). The Bertz CT molecular complexity index is 270. The maximum Gasteiger partial charge on any atom is 0.323 e. The molecule has 0 radical (unpaired) electrons. The van der Waals surface area contributed by atoms with Crippen molar-refractivity contribution in [1.29, 1.82) is 0 Å². The van der Waals surface area contributed by atoms with Crippen molar-refractivity contribution in [3.8, 4) is 0 Å². The minimum atomic E-state index is -0.682. The summed E-state index contributed by atoms with van der Waals surface area (Å²) < 4.78 is 0. The van der Waals surface area contributed by atoms with E-state index in [1.807, 2.05) is 25.6 Å². The summed E-state index contributed by atoms with van der Waals surface area (Å²) in [5.41, 5.74) is -0.681. The number of thioether (sulfide) groups is 1. The molecule has 0 bridgehead atoms. The third-order valence-electron chi connectivity index (χ3n) is 3.44. The van der Waals surface area contributed by atoms with E-state index in [2.05, 4.69) is 19.2 Å². The molecule has 1 aliphatic carbocycles. The first-order chi connectivity index (χ1) is 7.89. The highest BCUT2D eigenvalue weighted by atomic mass is 32.2. The van der Waals surface area contributed by atoms with Gasteiger partial charge in [0.05, 0.1) is 0 Å². The number of carboxylic acids is 1. The molecule has 1 aliphatic rings. The normalized spacial score (nSPS) is 30.8. The number of rotatable bonds is 6. The van der Waals surface area contributed by atoms with E-state index in [1.165, 1.54) is 0 Å². The van der Waals surface area contributed by atoms with Crippen molar-refractivity contribution in [3.63, 3.8) is 0 Å². The van der Waals surface area contributed by atoms with Crippen LogP contribution in [0.1, 0.15) is 53.4 Å². The Labute approximate surface area is 109 Å². The van der Waals surface area contributed by atoms with Crippen LogP contribution in [0.15, 0.2) is 0 Å². The van der Waals surface area contributed by atoms with Gasteiger partial charge < -0.3 is 5.11 Å². The maximum atomic E-state index is 11.5. The first-order valence-corrected chi connectivity index (χ1v) is 7.50. The van der Waals surface area contributed by atoms with Gasteiger partial charge >= 0.3 is 5.97 Å². The molecule has 0 aliphatic heterocycles. The van der Waals surface area contributed by atoms with Gasteiger partial charge in [-0.25, -0.2) is 0 Å². The van der Waals surface area contributed by atoms with Crippen LogP contribution in [-0.2, 0) is 4.79 Å². The van der Waals surface area contributed by atoms with E-state index in [0.717, 1.165) is 25.7 Å². The number of carboxylic acid groups (broad SMARTS) is 1. The molecule has 0 aromatic rings. The molecule has 17 heavy (non-hydrogen) atoms. The quantitative estimate of drug-likeness (QED) is 0.770. The number of carbonyl (C=O) groups is 1. The number of hydrogen-bond donors (Lipinski definition) is 2. The van der Waals surface area contributed by atoms with Crippen molar-refractivity contribution in [2.24, 2.45) is 0 Å². The highest BCUT2D eigenvalue weighted by molar-refractivity contribution is 8.00. The zero-order valence-corrected chi connectivity index (χ0v) is 12.1. The smallest absolute Gasteiger partial charge is 0.323 e. The average molecular weight is 259 g/mol. The molecule has 1 rings (SSSR count). The summed E-state index contributed by atoms with van der Waals surface area (Å²) >= 11 is 1.95. The van der Waals surface area contributed by atoms with Crippen molar-refractivity contribution in [3.05, 3.63) is 0 Å². The lowest BCUT2D eigenvalue weighted by molar-refractivity contribution is -0.145. The van der Waals surface area contributed by atoms with Gasteiger partial charge in [-0.2, -0.15) is 11.8 Å². The van der Waals surface area contributed by atoms with Gasteiger partial charge in [0, 0.05) is 16.5 Å². The van der Waals surface area contributed by atoms with Crippen LogP contribution in [0.5, 0.6) is 0 Å². The fourth-order valence-corrected chi connectivity index (χ4v) is 3.96. The van der Waals surface area contributed by atoms with Gasteiger partial charge in [0.15, 0.2) is 0 Å². The highest BCUT2D eigenvalue weighted by Gasteiger charge is 2.46. The van der Waals surface area contributed by atoms with Crippen molar-refractivity contribution >= 4 is 17.7 Å². The Kier molecular flexibility index (Phi) is 5.32. The van der Waals surface area contributed by atoms with E-state index in [9.17, 15) is 9.90 Å². The van der Waals surface area contributed by atoms with E-state index >= 15 is 0 Å². The summed E-state index contributed by atoms with van der Waals surface area (Å²) in [6.45, 7) is 8.43. The predicted octanol–water partition coefficient (Wildman–Crippen LogP) is 2.89. The Hall–Kier alpha value is -0.220. The molecule has 4 heteroatoms. The molecule has 0 aromatic heterocycles. The van der Waals surface area contributed by atoms with Crippen molar-refractivity contribution in [2.75, 3.05) is 0 Å². The van der Waals surface area contributed by atoms with E-state index in [4.69, 9.17) is 0 Å². The van der Waals surface area contributed by atoms with Gasteiger partial charge in [-0.15, -0.1) is 0 Å². The molecule has 0 heterocycles. The Morgan fingerprint density at radius 1 is 1.53 bits per heavy atom. The molecule has 1 saturated carbocycles. The molecule has 2 N–H and O–H groups in total. The van der Waals surface area contributed by atoms with E-state index in [-0.39, 0.29) is 6.04 Å². The first-order valence-electron chi connectivity index (χ1n) is 6.56. The SMILES string of the molecule is CCC(C)SC1CCC(NC(C)C)(C(=O)O)C1. The molecule has 0 aromatic carbocycles. The third-order valence-corrected chi connectivity index (χ3v) is 5.03. The molecule has 3 unspecified atom stereocenters. The fraction of sp³-hybridized carbons (Fsp3) is 0.923. The second kappa shape index (κ2) is 6.10. The molecule has 0 spiro atoms. The average Bonchev–Trinajstić information content (AvgIpc) is 2.61. The van der Waals surface area contributed by atoms with E-state index in [1.54, 1.807) is 0 Å². The number of hydrogen-bond acceptors (Lipinski definition) is 3. The summed E-state index contributed by atoms with van der Waals surface area (Å²) in [6.07, 6.45) is 3.68. The fourth-order valence-electron chi connectivity index (χ4n) is 2.48. The van der Waals surface area contributed by atoms with Crippen LogP contribution >= 0.6 is 11.8 Å². The second-order valence-corrected chi connectivity index (χ2v) is 7.15. The van der Waals surface area contributed by atoms with Crippen molar-refractivity contribution in [1.82, 2.24) is 5.32 Å². The Morgan fingerprint density at radius 2 is 2.18 bits per heavy atom. The van der Waals surface area contributed by atoms with Crippen LogP contribution < -0.4 is 5.32 Å². The summed E-state index contributed by atoms with van der Waals surface area (Å²) in [5.74, 6) is -0.682. The third kappa shape index (κ3) is 3.88. The molecular formula is C13H25NO2S. The molecule has 0 amide bonds. The topological polar surface area (TPSA) is 49.3 Å². The van der Waals surface area contributed by atoms with Crippen LogP contribution in [0.4, 0.5) is 0 Å². The summed E-state index contributed by atoms with van der Waals surface area (Å²) in [5, 5.41) is 13.8. The van der Waals surface area contributed by atoms with E-state index < -0.39 is 11.5 Å². The van der Waals surface area contributed by atoms with Crippen LogP contribution in [0, 0.1) is 0 Å². The lowest BCUT2D eigenvalue weighted by Crippen LogP contribution is -2.53. The van der Waals surface area contributed by atoms with Gasteiger partial charge in [0.25, 0.3) is 0 Å². The summed E-state index contributed by atoms with van der Waals surface area (Å²) in [4.78, 5) is 11.5. The van der Waals surface area contributed by atoms with Crippen LogP contribution in [-0.4, -0.2) is 33.2 Å². The van der Waals surface area contributed by atoms with E-state index in [0.29, 0.717) is 10.5 Å². The second-order valence-electron chi connectivity index (χ2n) is 5.41. The zero-order valence-electron chi connectivity index (χ0n) is 11.3. The first kappa shape index (κ1) is 14.8. The Balaban J connectivity index is 2.62. The van der Waals surface area contributed by atoms with Crippen molar-refractivity contribution < 1.29 is 9.90 Å². The van der Waals surface area contributed by atoms with Crippen LogP contribution in [0.2, 0.25) is 0 Å². The maximum absolute atomic E-state index is 11.5. The summed E-state index contributed by atoms with van der Waals surface area (Å²) in [7, 11) is 0. The monoisotopic (exact) mass is 259 g/mol. The molecule has 3 atom stereocenters. The largest absolute Gasteiger partial charge is 0.480 e. The minimum Gasteiger partial charge on any atom is -0.480 e. The highest BCUT2D eigenvalue weighted by Crippen LogP contribution is 2.39. The molecule has 100 valence electrons. The minimum absolute atomic E-state index is 0.221. The van der Waals surface area contributed by atoms with Crippen LogP contribution in [0.3, 0.4) is 0 Å². The lowest BCUT2D eigenvalue weighted by atomic mass is 9.97. The van der Waals surface area contributed by atoms with Crippen molar-refractivity contribution in [2.45, 2.75) is 75.5 Å². The van der Waals surface area contributed by atoms with Gasteiger partial charge in [-0.3, -0.25) is 10.1 Å². The van der Waals surface area contributed by atoms with Gasteiger partial charge in [-0.1, -0.05) is 13.8 Å². The van der Waals surface area contributed by atoms with Crippen LogP contribution in [0.25, 0.3) is 0 Å². The van der Waals surface area contributed by atoms with Gasteiger partial charge in [0.1, 0.15) is 5.54 Å².